The van der Waals surface area contributed by atoms with E-state index in [1.165, 1.54) is 0 Å². The van der Waals surface area contributed by atoms with Gasteiger partial charge in [-0.05, 0) is 5.56 Å². The summed E-state index contributed by atoms with van der Waals surface area (Å²) in [5, 5.41) is 0. The molecule has 50 valence electrons. The summed E-state index contributed by atoms with van der Waals surface area (Å²) in [6.07, 6.45) is 1.86. The van der Waals surface area contributed by atoms with Crippen molar-refractivity contribution in [3.8, 4) is 0 Å². The maximum absolute atomic E-state index is 5.67. The molecule has 0 aliphatic rings. The van der Waals surface area contributed by atoms with Crippen LogP contribution in [-0.4, -0.2) is 15.7 Å². The summed E-state index contributed by atoms with van der Waals surface area (Å²) in [6.45, 7) is 1.84. The van der Waals surface area contributed by atoms with E-state index in [9.17, 15) is 0 Å². The maximum atomic E-state index is 5.67. The highest BCUT2D eigenvalue weighted by atomic mass is 13.9. The Morgan fingerprint density at radius 1 is 1.36 bits per heavy atom. The van der Waals surface area contributed by atoms with Crippen molar-refractivity contribution >= 4 is 27.2 Å². The Balaban J connectivity index is 3.04. The summed E-state index contributed by atoms with van der Waals surface area (Å²) < 4.78 is 0. The second-order valence-electron chi connectivity index (χ2n) is 2.52. The second kappa shape index (κ2) is 3.47. The predicted molar refractivity (Wildman–Crippen MR) is 51.2 cm³/mol. The van der Waals surface area contributed by atoms with Gasteiger partial charge in [0.25, 0.3) is 0 Å². The van der Waals surface area contributed by atoms with Crippen molar-refractivity contribution in [1.82, 2.24) is 0 Å². The molecule has 0 aliphatic heterocycles. The Hall–Kier alpha value is -0.910. The van der Waals surface area contributed by atoms with E-state index in [-0.39, 0.29) is 0 Å². The van der Waals surface area contributed by atoms with E-state index in [0.29, 0.717) is 0 Å². The van der Waals surface area contributed by atoms with Crippen molar-refractivity contribution in [1.29, 1.82) is 0 Å². The van der Waals surface area contributed by atoms with Gasteiger partial charge >= 0.3 is 0 Å². The highest BCUT2D eigenvalue weighted by Gasteiger charge is 1.89. The van der Waals surface area contributed by atoms with Gasteiger partial charge in [0.2, 0.25) is 0 Å². The van der Waals surface area contributed by atoms with Gasteiger partial charge in [-0.3, -0.25) is 0 Å². The van der Waals surface area contributed by atoms with Crippen LogP contribution < -0.4 is 5.46 Å². The predicted octanol–water partition coefficient (Wildman–Crippen LogP) is 1.01. The lowest BCUT2D eigenvalue weighted by atomic mass is 9.87. The molecular weight excluding hydrogens is 130 g/mol. The molecule has 11 heavy (non-hydrogen) atoms. The Kier molecular flexibility index (Phi) is 2.58. The molecule has 1 aromatic rings. The van der Waals surface area contributed by atoms with Crippen LogP contribution in [0.25, 0.3) is 6.08 Å². The normalized spacial score (nSPS) is 11.5. The molecular formula is C9H8B2. The van der Waals surface area contributed by atoms with Gasteiger partial charge in [-0.1, -0.05) is 42.7 Å². The fraction of sp³-hybridized carbons (Fsp3) is 0.111. The van der Waals surface area contributed by atoms with E-state index in [4.69, 9.17) is 15.7 Å². The van der Waals surface area contributed by atoms with E-state index in [0.717, 1.165) is 16.5 Å². The van der Waals surface area contributed by atoms with Crippen LogP contribution in [0.4, 0.5) is 0 Å². The lowest BCUT2D eigenvalue weighted by Gasteiger charge is -1.99. The summed E-state index contributed by atoms with van der Waals surface area (Å²) in [5.74, 6) is 0. The first-order valence-electron chi connectivity index (χ1n) is 3.48. The fourth-order valence-corrected chi connectivity index (χ4v) is 0.888. The zero-order chi connectivity index (χ0) is 8.27. The van der Waals surface area contributed by atoms with Gasteiger partial charge in [0.15, 0.2) is 0 Å². The molecule has 4 radical (unpaired) electrons. The van der Waals surface area contributed by atoms with Gasteiger partial charge in [0, 0.05) is 0 Å². The standard InChI is InChI=1S/C9H8B2/c1-7(10)6-8-4-2-3-5-9(8)11/h2-6H,1H3/b7-6+. The highest BCUT2D eigenvalue weighted by molar-refractivity contribution is 6.34. The number of benzene rings is 1. The van der Waals surface area contributed by atoms with Crippen molar-refractivity contribution in [2.45, 2.75) is 6.92 Å². The van der Waals surface area contributed by atoms with Crippen LogP contribution in [0.2, 0.25) is 0 Å². The highest BCUT2D eigenvalue weighted by Crippen LogP contribution is 2.00. The van der Waals surface area contributed by atoms with Crippen molar-refractivity contribution in [2.24, 2.45) is 0 Å². The van der Waals surface area contributed by atoms with Gasteiger partial charge in [-0.2, -0.15) is 0 Å². The second-order valence-corrected chi connectivity index (χ2v) is 2.52. The Labute approximate surface area is 70.1 Å². The minimum atomic E-state index is 0.761. The van der Waals surface area contributed by atoms with E-state index >= 15 is 0 Å². The zero-order valence-electron chi connectivity index (χ0n) is 6.54. The first-order chi connectivity index (χ1) is 5.20. The van der Waals surface area contributed by atoms with Crippen molar-refractivity contribution in [3.05, 3.63) is 35.3 Å². The van der Waals surface area contributed by atoms with Crippen LogP contribution in [0.5, 0.6) is 0 Å². The summed E-state index contributed by atoms with van der Waals surface area (Å²) in [5.41, 5.74) is 2.51. The largest absolute Gasteiger partial charge is 0.120 e. The molecule has 0 nitrogen and oxygen atoms in total. The van der Waals surface area contributed by atoms with E-state index in [1.54, 1.807) is 0 Å². The van der Waals surface area contributed by atoms with Crippen LogP contribution in [0.1, 0.15) is 12.5 Å². The SMILES string of the molecule is [B]/C(C)=C/c1ccccc1[B]. The monoisotopic (exact) mass is 138 g/mol. The first-order valence-corrected chi connectivity index (χ1v) is 3.48. The quantitative estimate of drug-likeness (QED) is 0.507. The number of hydrogen-bond acceptors (Lipinski definition) is 0. The lowest BCUT2D eigenvalue weighted by Crippen LogP contribution is -2.05. The molecule has 0 aromatic heterocycles. The summed E-state index contributed by atoms with van der Waals surface area (Å²) in [7, 11) is 11.2. The minimum absolute atomic E-state index is 0.761. The third-order valence-corrected chi connectivity index (χ3v) is 1.38. The lowest BCUT2D eigenvalue weighted by molar-refractivity contribution is 1.66. The van der Waals surface area contributed by atoms with Gasteiger partial charge in [0.1, 0.15) is 15.7 Å². The molecule has 0 bridgehead atoms. The number of rotatable bonds is 1. The molecule has 0 spiro atoms. The summed E-state index contributed by atoms with van der Waals surface area (Å²) >= 11 is 0. The Morgan fingerprint density at radius 2 is 2.00 bits per heavy atom. The Bertz CT molecular complexity index is 273. The van der Waals surface area contributed by atoms with E-state index in [1.807, 2.05) is 37.3 Å². The van der Waals surface area contributed by atoms with Crippen LogP contribution in [-0.2, 0) is 0 Å². The molecule has 0 amide bonds. The smallest absolute Gasteiger partial charge is 0.114 e. The number of allylic oxidation sites excluding steroid dienone is 1. The first kappa shape index (κ1) is 8.19. The molecule has 1 rings (SSSR count). The minimum Gasteiger partial charge on any atom is -0.120 e. The van der Waals surface area contributed by atoms with Gasteiger partial charge in [-0.15, -0.1) is 5.47 Å². The third kappa shape index (κ3) is 2.30. The average Bonchev–Trinajstić information content (AvgIpc) is 1.93. The molecule has 2 heteroatoms. The molecule has 0 heterocycles. The molecule has 1 aromatic carbocycles. The van der Waals surface area contributed by atoms with Crippen LogP contribution >= 0.6 is 0 Å². The molecule has 0 atom stereocenters. The summed E-state index contributed by atoms with van der Waals surface area (Å²) in [4.78, 5) is 0. The topological polar surface area (TPSA) is 0 Å². The molecule has 0 saturated heterocycles. The third-order valence-electron chi connectivity index (χ3n) is 1.38. The van der Waals surface area contributed by atoms with Crippen molar-refractivity contribution in [2.75, 3.05) is 0 Å². The summed E-state index contributed by atoms with van der Waals surface area (Å²) in [6, 6.07) is 7.63. The van der Waals surface area contributed by atoms with Gasteiger partial charge in [-0.25, -0.2) is 0 Å². The molecule has 0 saturated carbocycles. The number of hydrogen-bond donors (Lipinski definition) is 0. The maximum Gasteiger partial charge on any atom is 0.114 e. The van der Waals surface area contributed by atoms with E-state index < -0.39 is 0 Å². The van der Waals surface area contributed by atoms with E-state index in [2.05, 4.69) is 0 Å². The van der Waals surface area contributed by atoms with Crippen molar-refractivity contribution < 1.29 is 0 Å². The Morgan fingerprint density at radius 3 is 2.55 bits per heavy atom. The van der Waals surface area contributed by atoms with Crippen LogP contribution in [0, 0.1) is 0 Å². The van der Waals surface area contributed by atoms with Crippen LogP contribution in [0.3, 0.4) is 0 Å². The molecule has 0 aliphatic carbocycles. The molecule has 0 N–H and O–H groups in total. The van der Waals surface area contributed by atoms with Gasteiger partial charge < -0.3 is 0 Å². The molecule has 0 fully saturated rings. The zero-order valence-corrected chi connectivity index (χ0v) is 6.54. The van der Waals surface area contributed by atoms with Gasteiger partial charge in [0.05, 0.1) is 0 Å². The molecule has 0 unspecified atom stereocenters. The van der Waals surface area contributed by atoms with Crippen LogP contribution in [0.15, 0.2) is 29.7 Å². The fourth-order valence-electron chi connectivity index (χ4n) is 0.888. The van der Waals surface area contributed by atoms with Crippen molar-refractivity contribution in [3.63, 3.8) is 0 Å². The average molecular weight is 138 g/mol.